The Balaban J connectivity index is 1.82. The zero-order chi connectivity index (χ0) is 26.9. The van der Waals surface area contributed by atoms with Gasteiger partial charge in [-0.15, -0.1) is 0 Å². The highest BCUT2D eigenvalue weighted by Gasteiger charge is 2.50. The molecule has 12 nitrogen and oxygen atoms in total. The quantitative estimate of drug-likeness (QED) is 0.288. The summed E-state index contributed by atoms with van der Waals surface area (Å²) in [5, 5.41) is 15.5. The lowest BCUT2D eigenvalue weighted by molar-refractivity contribution is -0.174. The Morgan fingerprint density at radius 3 is 2.51 bits per heavy atom. The van der Waals surface area contributed by atoms with Crippen LogP contribution < -0.4 is 10.6 Å². The highest BCUT2D eigenvalue weighted by Crippen LogP contribution is 2.19. The van der Waals surface area contributed by atoms with Crippen LogP contribution in [0.5, 0.6) is 0 Å². The Morgan fingerprint density at radius 2 is 1.89 bits per heavy atom. The summed E-state index contributed by atoms with van der Waals surface area (Å²) in [5.74, 6) is -4.10. The summed E-state index contributed by atoms with van der Waals surface area (Å²) >= 11 is 0. The Kier molecular flexibility index (Phi) is 9.69. The molecule has 1 saturated heterocycles. The van der Waals surface area contributed by atoms with Gasteiger partial charge in [-0.05, 0) is 17.9 Å². The second-order valence-electron chi connectivity index (χ2n) is 8.88. The molecule has 2 heterocycles. The molecule has 1 aromatic heterocycles. The third kappa shape index (κ3) is 7.57. The molecule has 0 aliphatic carbocycles. The number of carbonyl (C=O) groups is 4. The predicted octanol–water partition coefficient (Wildman–Crippen LogP) is -0.148. The molecular weight excluding hydrogens is 483 g/mol. The maximum atomic E-state index is 13.5. The van der Waals surface area contributed by atoms with Crippen molar-refractivity contribution in [2.45, 2.75) is 50.9 Å². The molecule has 1 aliphatic rings. The maximum Gasteiger partial charge on any atom is 0.552 e. The van der Waals surface area contributed by atoms with E-state index in [4.69, 9.17) is 9.31 Å². The van der Waals surface area contributed by atoms with Crippen LogP contribution in [0.3, 0.4) is 0 Å². The van der Waals surface area contributed by atoms with Crippen molar-refractivity contribution in [3.63, 3.8) is 0 Å². The molecule has 3 N–H and O–H groups in total. The Hall–Kier alpha value is -3.84. The first-order valence-electron chi connectivity index (χ1n) is 11.7. The third-order valence-electron chi connectivity index (χ3n) is 5.56. The second kappa shape index (κ2) is 12.9. The molecular formula is C24H29BN4O8. The first-order valence-corrected chi connectivity index (χ1v) is 11.7. The van der Waals surface area contributed by atoms with Gasteiger partial charge < -0.3 is 29.8 Å². The molecule has 37 heavy (non-hydrogen) atoms. The number of rotatable bonds is 10. The summed E-state index contributed by atoms with van der Waals surface area (Å²) in [6.45, 7) is 3.77. The number of aliphatic hydroxyl groups excluding tert-OH is 1. The van der Waals surface area contributed by atoms with Crippen LogP contribution in [0.2, 0.25) is 0 Å². The second-order valence-corrected chi connectivity index (χ2v) is 8.88. The highest BCUT2D eigenvalue weighted by molar-refractivity contribution is 6.50. The van der Waals surface area contributed by atoms with Crippen molar-refractivity contribution in [3.8, 4) is 0 Å². The summed E-state index contributed by atoms with van der Waals surface area (Å²) in [4.78, 5) is 58.4. The topological polar surface area (TPSA) is 166 Å². The summed E-state index contributed by atoms with van der Waals surface area (Å²) in [5.41, 5.74) is 0.822. The number of carbonyl (C=O) groups excluding carboxylic acids is 4. The van der Waals surface area contributed by atoms with Gasteiger partial charge >= 0.3 is 19.1 Å². The number of esters is 1. The van der Waals surface area contributed by atoms with Gasteiger partial charge in [0.05, 0.1) is 19.2 Å². The molecule has 2 amide bonds. The highest BCUT2D eigenvalue weighted by atomic mass is 16.7. The number of ether oxygens (including phenoxy) is 1. The van der Waals surface area contributed by atoms with Gasteiger partial charge in [-0.25, -0.2) is 9.78 Å². The standard InChI is InChI=1S/C24H29BN4O8/c1-14(2)11-18(25-36-20(24(34)35-3)19(30)23(33)37-25)29-21(31)16(12-15-7-5-4-6-8-15)28-22(32)17-13-26-9-10-27-17/h4-10,13-14,16,18-20,30H,11-12H2,1-3H3,(H,28,32)(H,29,31)/t16-,18-,19+,20+/m0/s1. The Labute approximate surface area is 214 Å². The van der Waals surface area contributed by atoms with Crippen molar-refractivity contribution in [2.24, 2.45) is 5.92 Å². The third-order valence-corrected chi connectivity index (χ3v) is 5.56. The van der Waals surface area contributed by atoms with Gasteiger partial charge in [-0.3, -0.25) is 19.4 Å². The number of benzene rings is 1. The van der Waals surface area contributed by atoms with Crippen LogP contribution >= 0.6 is 0 Å². The van der Waals surface area contributed by atoms with Gasteiger partial charge in [0.15, 0.2) is 12.2 Å². The minimum absolute atomic E-state index is 0.0118. The normalized spacial score (nSPS) is 18.9. The van der Waals surface area contributed by atoms with Crippen molar-refractivity contribution in [3.05, 3.63) is 60.2 Å². The smallest absolute Gasteiger partial charge is 0.506 e. The predicted molar refractivity (Wildman–Crippen MR) is 130 cm³/mol. The van der Waals surface area contributed by atoms with E-state index in [0.29, 0.717) is 6.42 Å². The fourth-order valence-corrected chi connectivity index (χ4v) is 3.77. The molecule has 1 fully saturated rings. The summed E-state index contributed by atoms with van der Waals surface area (Å²) < 4.78 is 15.4. The van der Waals surface area contributed by atoms with E-state index in [1.54, 1.807) is 0 Å². The molecule has 0 unspecified atom stereocenters. The van der Waals surface area contributed by atoms with Gasteiger partial charge in [0.2, 0.25) is 5.91 Å². The van der Waals surface area contributed by atoms with Crippen molar-refractivity contribution in [2.75, 3.05) is 7.11 Å². The van der Waals surface area contributed by atoms with E-state index in [-0.39, 0.29) is 18.0 Å². The molecule has 13 heteroatoms. The van der Waals surface area contributed by atoms with Crippen LogP contribution in [-0.4, -0.2) is 77.2 Å². The number of hydrogen-bond acceptors (Lipinski definition) is 10. The minimum Gasteiger partial charge on any atom is -0.506 e. The number of aliphatic hydroxyl groups is 1. The minimum atomic E-state index is -1.86. The zero-order valence-electron chi connectivity index (χ0n) is 20.7. The Bertz CT molecular complexity index is 1090. The zero-order valence-corrected chi connectivity index (χ0v) is 20.7. The maximum absolute atomic E-state index is 13.5. The van der Waals surface area contributed by atoms with Crippen molar-refractivity contribution >= 4 is 30.9 Å². The largest absolute Gasteiger partial charge is 0.552 e. The number of nitrogens with one attached hydrogen (secondary N) is 2. The lowest BCUT2D eigenvalue weighted by Gasteiger charge is -2.34. The molecule has 1 aromatic carbocycles. The average molecular weight is 512 g/mol. The number of aromatic nitrogens is 2. The van der Waals surface area contributed by atoms with Gasteiger partial charge in [0.1, 0.15) is 11.7 Å². The molecule has 1 aliphatic heterocycles. The van der Waals surface area contributed by atoms with Crippen LogP contribution in [0.1, 0.15) is 36.3 Å². The summed E-state index contributed by atoms with van der Waals surface area (Å²) in [7, 11) is -0.284. The van der Waals surface area contributed by atoms with Crippen LogP contribution in [0.25, 0.3) is 0 Å². The monoisotopic (exact) mass is 512 g/mol. The van der Waals surface area contributed by atoms with Crippen LogP contribution in [0.4, 0.5) is 0 Å². The van der Waals surface area contributed by atoms with Gasteiger partial charge in [0, 0.05) is 18.8 Å². The van der Waals surface area contributed by atoms with Crippen LogP contribution in [0.15, 0.2) is 48.9 Å². The molecule has 0 bridgehead atoms. The first kappa shape index (κ1) is 27.7. The SMILES string of the molecule is COC(=O)[C@@H]1OB([C@H](CC(C)C)NC(=O)[C@H](Cc2ccccc2)NC(=O)c2cnccn2)OC(=O)[C@@H]1O. The van der Waals surface area contributed by atoms with Crippen LogP contribution in [-0.2, 0) is 34.9 Å². The van der Waals surface area contributed by atoms with Gasteiger partial charge in [-0.1, -0.05) is 44.2 Å². The van der Waals surface area contributed by atoms with E-state index in [0.717, 1.165) is 12.7 Å². The van der Waals surface area contributed by atoms with E-state index in [1.807, 2.05) is 44.2 Å². The van der Waals surface area contributed by atoms with Gasteiger partial charge in [0.25, 0.3) is 5.91 Å². The summed E-state index contributed by atoms with van der Waals surface area (Å²) in [6.07, 6.45) is 1.04. The fourth-order valence-electron chi connectivity index (χ4n) is 3.77. The van der Waals surface area contributed by atoms with Crippen molar-refractivity contribution < 1.29 is 38.3 Å². The van der Waals surface area contributed by atoms with Crippen molar-refractivity contribution in [1.82, 2.24) is 20.6 Å². The molecule has 0 spiro atoms. The molecule has 0 radical (unpaired) electrons. The fraction of sp³-hybridized carbons (Fsp3) is 0.417. The lowest BCUT2D eigenvalue weighted by Crippen LogP contribution is -2.62. The van der Waals surface area contributed by atoms with E-state index in [2.05, 4.69) is 25.3 Å². The molecule has 4 atom stereocenters. The van der Waals surface area contributed by atoms with Crippen LogP contribution in [0, 0.1) is 5.92 Å². The van der Waals surface area contributed by atoms with E-state index >= 15 is 0 Å². The van der Waals surface area contributed by atoms with E-state index in [9.17, 15) is 24.3 Å². The molecule has 2 aromatic rings. The lowest BCUT2D eigenvalue weighted by atomic mass is 9.72. The van der Waals surface area contributed by atoms with E-state index < -0.39 is 55.1 Å². The van der Waals surface area contributed by atoms with Gasteiger partial charge in [-0.2, -0.15) is 0 Å². The van der Waals surface area contributed by atoms with Crippen molar-refractivity contribution in [1.29, 1.82) is 0 Å². The number of hydrogen-bond donors (Lipinski definition) is 3. The molecule has 3 rings (SSSR count). The summed E-state index contributed by atoms with van der Waals surface area (Å²) in [6, 6.07) is 8.04. The number of methoxy groups -OCH3 is 1. The number of amides is 2. The Morgan fingerprint density at radius 1 is 1.16 bits per heavy atom. The first-order chi connectivity index (χ1) is 17.7. The number of nitrogens with zero attached hydrogens (tertiary/aromatic N) is 2. The average Bonchev–Trinajstić information content (AvgIpc) is 2.89. The molecule has 0 saturated carbocycles. The molecule has 196 valence electrons. The van der Waals surface area contributed by atoms with E-state index in [1.165, 1.54) is 18.6 Å².